The van der Waals surface area contributed by atoms with E-state index in [0.717, 1.165) is 11.3 Å². The second kappa shape index (κ2) is 5.92. The Morgan fingerprint density at radius 1 is 1.63 bits per heavy atom. The molecule has 1 aliphatic rings. The van der Waals surface area contributed by atoms with Crippen molar-refractivity contribution in [3.8, 4) is 0 Å². The van der Waals surface area contributed by atoms with Crippen molar-refractivity contribution in [2.45, 2.75) is 20.3 Å². The van der Waals surface area contributed by atoms with E-state index in [-0.39, 0.29) is 16.9 Å². The molecule has 1 aromatic rings. The molecular formula is C13H15ClN2O2S. The first kappa shape index (κ1) is 14.3. The molecule has 1 saturated heterocycles. The van der Waals surface area contributed by atoms with Crippen LogP contribution < -0.4 is 4.90 Å². The molecule has 0 radical (unpaired) electrons. The molecule has 1 unspecified atom stereocenters. The standard InChI is InChI=1S/C13H15ClN2O2S/c1-8-3-11(5-15-13(8)14)16-6-10(4-12(16)18)7-19-9(2)17/h3,5,10H,4,6-7H2,1-2H3. The van der Waals surface area contributed by atoms with Gasteiger partial charge in [-0.05, 0) is 24.5 Å². The van der Waals surface area contributed by atoms with E-state index in [2.05, 4.69) is 4.98 Å². The van der Waals surface area contributed by atoms with Crippen LogP contribution in [-0.4, -0.2) is 28.3 Å². The number of aryl methyl sites for hydroxylation is 1. The molecule has 0 bridgehead atoms. The number of amides is 1. The predicted molar refractivity (Wildman–Crippen MR) is 77.6 cm³/mol. The number of thioether (sulfide) groups is 1. The summed E-state index contributed by atoms with van der Waals surface area (Å²) >= 11 is 7.16. The second-order valence-electron chi connectivity index (χ2n) is 4.68. The highest BCUT2D eigenvalue weighted by molar-refractivity contribution is 8.13. The maximum absolute atomic E-state index is 12.0. The highest BCUT2D eigenvalue weighted by atomic mass is 35.5. The molecule has 1 aromatic heterocycles. The number of carbonyl (C=O) groups is 2. The lowest BCUT2D eigenvalue weighted by atomic mass is 10.1. The normalized spacial score (nSPS) is 19.0. The van der Waals surface area contributed by atoms with Crippen molar-refractivity contribution in [3.05, 3.63) is 23.0 Å². The number of hydrogen-bond acceptors (Lipinski definition) is 4. The summed E-state index contributed by atoms with van der Waals surface area (Å²) in [6, 6.07) is 1.87. The van der Waals surface area contributed by atoms with Gasteiger partial charge >= 0.3 is 0 Å². The third kappa shape index (κ3) is 3.48. The van der Waals surface area contributed by atoms with Crippen LogP contribution in [0.3, 0.4) is 0 Å². The zero-order valence-corrected chi connectivity index (χ0v) is 12.4. The average molecular weight is 299 g/mol. The first-order valence-corrected chi connectivity index (χ1v) is 7.39. The van der Waals surface area contributed by atoms with Crippen molar-refractivity contribution in [2.24, 2.45) is 5.92 Å². The molecule has 0 N–H and O–H groups in total. The number of hydrogen-bond donors (Lipinski definition) is 0. The molecule has 1 fully saturated rings. The Labute approximate surface area is 121 Å². The van der Waals surface area contributed by atoms with Gasteiger partial charge in [-0.25, -0.2) is 4.98 Å². The van der Waals surface area contributed by atoms with Crippen molar-refractivity contribution < 1.29 is 9.59 Å². The first-order chi connectivity index (χ1) is 8.97. The number of nitrogens with zero attached hydrogens (tertiary/aromatic N) is 2. The largest absolute Gasteiger partial charge is 0.311 e. The Balaban J connectivity index is 2.07. The van der Waals surface area contributed by atoms with E-state index in [1.807, 2.05) is 13.0 Å². The van der Waals surface area contributed by atoms with Gasteiger partial charge < -0.3 is 4.90 Å². The number of halogens is 1. The van der Waals surface area contributed by atoms with Gasteiger partial charge in [0.15, 0.2) is 5.12 Å². The van der Waals surface area contributed by atoms with Gasteiger partial charge in [0.05, 0.1) is 11.9 Å². The van der Waals surface area contributed by atoms with E-state index in [4.69, 9.17) is 11.6 Å². The number of pyridine rings is 1. The molecule has 6 heteroatoms. The van der Waals surface area contributed by atoms with Gasteiger partial charge in [-0.3, -0.25) is 9.59 Å². The number of aromatic nitrogens is 1. The third-order valence-electron chi connectivity index (χ3n) is 3.04. The van der Waals surface area contributed by atoms with E-state index in [0.29, 0.717) is 23.9 Å². The Morgan fingerprint density at radius 2 is 2.37 bits per heavy atom. The predicted octanol–water partition coefficient (Wildman–Crippen LogP) is 2.68. The highest BCUT2D eigenvalue weighted by Crippen LogP contribution is 2.28. The lowest BCUT2D eigenvalue weighted by molar-refractivity contribution is -0.117. The Kier molecular flexibility index (Phi) is 4.47. The van der Waals surface area contributed by atoms with Crippen LogP contribution >= 0.6 is 23.4 Å². The summed E-state index contributed by atoms with van der Waals surface area (Å²) in [5.41, 5.74) is 1.63. The monoisotopic (exact) mass is 298 g/mol. The van der Waals surface area contributed by atoms with E-state index in [1.54, 1.807) is 18.0 Å². The average Bonchev–Trinajstić information content (AvgIpc) is 2.72. The summed E-state index contributed by atoms with van der Waals surface area (Å²) < 4.78 is 0. The van der Waals surface area contributed by atoms with E-state index < -0.39 is 0 Å². The molecule has 4 nitrogen and oxygen atoms in total. The molecule has 0 aliphatic carbocycles. The summed E-state index contributed by atoms with van der Waals surface area (Å²) in [7, 11) is 0. The van der Waals surface area contributed by atoms with Crippen molar-refractivity contribution in [2.75, 3.05) is 17.2 Å². The third-order valence-corrected chi connectivity index (χ3v) is 4.48. The summed E-state index contributed by atoms with van der Waals surface area (Å²) in [4.78, 5) is 28.7. The smallest absolute Gasteiger partial charge is 0.227 e. The van der Waals surface area contributed by atoms with Gasteiger partial charge in [0, 0.05) is 25.6 Å². The number of rotatable bonds is 3. The quantitative estimate of drug-likeness (QED) is 0.805. The fraction of sp³-hybridized carbons (Fsp3) is 0.462. The molecule has 2 rings (SSSR count). The first-order valence-electron chi connectivity index (χ1n) is 6.03. The van der Waals surface area contributed by atoms with Crippen LogP contribution in [0.2, 0.25) is 5.15 Å². The van der Waals surface area contributed by atoms with Crippen molar-refractivity contribution >= 4 is 40.1 Å². The zero-order valence-electron chi connectivity index (χ0n) is 10.9. The van der Waals surface area contributed by atoms with Crippen molar-refractivity contribution in [1.82, 2.24) is 4.98 Å². The van der Waals surface area contributed by atoms with Crippen molar-refractivity contribution in [1.29, 1.82) is 0 Å². The van der Waals surface area contributed by atoms with Gasteiger partial charge in [0.25, 0.3) is 0 Å². The van der Waals surface area contributed by atoms with Gasteiger partial charge in [-0.2, -0.15) is 0 Å². The minimum Gasteiger partial charge on any atom is -0.311 e. The van der Waals surface area contributed by atoms with E-state index >= 15 is 0 Å². The van der Waals surface area contributed by atoms with E-state index in [1.165, 1.54) is 11.8 Å². The van der Waals surface area contributed by atoms with Gasteiger partial charge in [0.1, 0.15) is 5.15 Å². The maximum atomic E-state index is 12.0. The van der Waals surface area contributed by atoms with E-state index in [9.17, 15) is 9.59 Å². The van der Waals surface area contributed by atoms with Gasteiger partial charge in [0.2, 0.25) is 5.91 Å². The lowest BCUT2D eigenvalue weighted by Crippen LogP contribution is -2.25. The van der Waals surface area contributed by atoms with Crippen LogP contribution in [0.25, 0.3) is 0 Å². The molecule has 1 aliphatic heterocycles. The minimum absolute atomic E-state index is 0.0812. The lowest BCUT2D eigenvalue weighted by Gasteiger charge is -2.17. The molecule has 0 spiro atoms. The van der Waals surface area contributed by atoms with Gasteiger partial charge in [-0.1, -0.05) is 23.4 Å². The van der Waals surface area contributed by atoms with Crippen LogP contribution in [-0.2, 0) is 9.59 Å². The Bertz CT molecular complexity index is 521. The van der Waals surface area contributed by atoms with Crippen LogP contribution in [0.15, 0.2) is 12.3 Å². The molecule has 19 heavy (non-hydrogen) atoms. The SMILES string of the molecule is CC(=O)SCC1CC(=O)N(c2cnc(Cl)c(C)c2)C1. The summed E-state index contributed by atoms with van der Waals surface area (Å²) in [6.07, 6.45) is 2.11. The molecule has 1 atom stereocenters. The van der Waals surface area contributed by atoms with Crippen LogP contribution in [0.4, 0.5) is 5.69 Å². The highest BCUT2D eigenvalue weighted by Gasteiger charge is 2.31. The van der Waals surface area contributed by atoms with Crippen LogP contribution in [0, 0.1) is 12.8 Å². The molecule has 0 aromatic carbocycles. The Morgan fingerprint density at radius 3 is 3.00 bits per heavy atom. The zero-order chi connectivity index (χ0) is 14.0. The topological polar surface area (TPSA) is 50.3 Å². The molecular weight excluding hydrogens is 284 g/mol. The molecule has 2 heterocycles. The second-order valence-corrected chi connectivity index (χ2v) is 6.23. The molecule has 1 amide bonds. The molecule has 102 valence electrons. The van der Waals surface area contributed by atoms with Gasteiger partial charge in [-0.15, -0.1) is 0 Å². The van der Waals surface area contributed by atoms with Crippen LogP contribution in [0.5, 0.6) is 0 Å². The number of anilines is 1. The Hall–Kier alpha value is -1.07. The summed E-state index contributed by atoms with van der Waals surface area (Å²) in [5, 5.41) is 0.550. The summed E-state index contributed by atoms with van der Waals surface area (Å²) in [6.45, 7) is 4.05. The minimum atomic E-state index is 0.0812. The maximum Gasteiger partial charge on any atom is 0.227 e. The fourth-order valence-electron chi connectivity index (χ4n) is 2.07. The number of carbonyl (C=O) groups excluding carboxylic acids is 2. The molecule has 0 saturated carbocycles. The summed E-state index contributed by atoms with van der Waals surface area (Å²) in [5.74, 6) is 0.993. The van der Waals surface area contributed by atoms with Crippen LogP contribution in [0.1, 0.15) is 18.9 Å². The fourth-order valence-corrected chi connectivity index (χ4v) is 2.87. The van der Waals surface area contributed by atoms with Crippen molar-refractivity contribution in [3.63, 3.8) is 0 Å².